The van der Waals surface area contributed by atoms with E-state index < -0.39 is 12.0 Å². The second-order valence-corrected chi connectivity index (χ2v) is 10.9. The van der Waals surface area contributed by atoms with E-state index in [0.717, 1.165) is 22.4 Å². The van der Waals surface area contributed by atoms with Crippen LogP contribution >= 0.6 is 11.8 Å². The number of allylic oxidation sites excluding steroid dienone is 1. The first-order valence-corrected chi connectivity index (χ1v) is 14.7. The van der Waals surface area contributed by atoms with Crippen molar-refractivity contribution in [3.8, 4) is 11.5 Å². The molecule has 3 aromatic carbocycles. The van der Waals surface area contributed by atoms with Gasteiger partial charge in [0.1, 0.15) is 19.3 Å². The number of anilines is 1. The molecular weight excluding hydrogens is 536 g/mol. The second-order valence-electron chi connectivity index (χ2n) is 9.64. The Hall–Kier alpha value is -4.24. The molecule has 1 aliphatic rings. The maximum Gasteiger partial charge on any atom is 0.338 e. The molecule has 41 heavy (non-hydrogen) atoms. The van der Waals surface area contributed by atoms with E-state index in [-0.39, 0.29) is 6.61 Å². The Morgan fingerprint density at radius 3 is 2.49 bits per heavy atom. The number of hydrogen-bond donors (Lipinski definition) is 1. The van der Waals surface area contributed by atoms with E-state index >= 15 is 0 Å². The van der Waals surface area contributed by atoms with Crippen LogP contribution < -0.4 is 14.8 Å². The van der Waals surface area contributed by atoms with Crippen LogP contribution in [0.1, 0.15) is 49.1 Å². The van der Waals surface area contributed by atoms with E-state index in [1.807, 2.05) is 74.5 Å². The predicted molar refractivity (Wildman–Crippen MR) is 160 cm³/mol. The maximum atomic E-state index is 13.6. The number of hydrogen-bond acceptors (Lipinski definition) is 8. The topological polar surface area (TPSA) is 87.5 Å². The molecular formula is C32H34N4O4S. The molecule has 0 aliphatic carbocycles. The van der Waals surface area contributed by atoms with E-state index in [1.54, 1.807) is 16.4 Å². The van der Waals surface area contributed by atoms with E-state index in [0.29, 0.717) is 47.1 Å². The van der Waals surface area contributed by atoms with Gasteiger partial charge in [-0.1, -0.05) is 84.9 Å². The van der Waals surface area contributed by atoms with Crippen molar-refractivity contribution in [2.75, 3.05) is 17.7 Å². The summed E-state index contributed by atoms with van der Waals surface area (Å²) in [5.74, 6) is 2.19. The lowest BCUT2D eigenvalue weighted by Gasteiger charge is -2.28. The van der Waals surface area contributed by atoms with Crippen LogP contribution in [-0.2, 0) is 22.7 Å². The summed E-state index contributed by atoms with van der Waals surface area (Å²) in [6.45, 7) is 8.94. The minimum Gasteiger partial charge on any atom is -0.490 e. The first-order chi connectivity index (χ1) is 20.0. The lowest BCUT2D eigenvalue weighted by Crippen LogP contribution is -2.29. The molecule has 1 aromatic heterocycles. The van der Waals surface area contributed by atoms with Crippen molar-refractivity contribution in [1.29, 1.82) is 0 Å². The van der Waals surface area contributed by atoms with Gasteiger partial charge in [0.2, 0.25) is 11.1 Å². The Bertz CT molecular complexity index is 1550. The summed E-state index contributed by atoms with van der Waals surface area (Å²) >= 11 is 1.54. The van der Waals surface area contributed by atoms with Gasteiger partial charge in [-0.15, -0.1) is 5.10 Å². The fourth-order valence-electron chi connectivity index (χ4n) is 4.74. The molecule has 0 bridgehead atoms. The maximum absolute atomic E-state index is 13.6. The van der Waals surface area contributed by atoms with Gasteiger partial charge in [-0.3, -0.25) is 0 Å². The molecule has 8 nitrogen and oxygen atoms in total. The Morgan fingerprint density at radius 2 is 1.73 bits per heavy atom. The smallest absolute Gasteiger partial charge is 0.338 e. The highest BCUT2D eigenvalue weighted by Crippen LogP contribution is 2.40. The normalized spacial score (nSPS) is 14.3. The Morgan fingerprint density at radius 1 is 0.927 bits per heavy atom. The molecule has 212 valence electrons. The number of carbonyl (C=O) groups excluding carboxylic acids is 1. The van der Waals surface area contributed by atoms with Gasteiger partial charge in [0.15, 0.2) is 11.5 Å². The fraction of sp³-hybridized carbons (Fsp3) is 0.281. The Balaban J connectivity index is 1.49. The van der Waals surface area contributed by atoms with Crippen LogP contribution in [0.3, 0.4) is 0 Å². The number of nitrogens with zero attached hydrogens (tertiary/aromatic N) is 3. The van der Waals surface area contributed by atoms with Crippen LogP contribution in [0.15, 0.2) is 89.2 Å². The zero-order valence-electron chi connectivity index (χ0n) is 23.7. The molecule has 0 saturated heterocycles. The number of fused-ring (bicyclic) bond motifs is 1. The fourth-order valence-corrected chi connectivity index (χ4v) is 5.30. The zero-order valence-corrected chi connectivity index (χ0v) is 24.5. The summed E-state index contributed by atoms with van der Waals surface area (Å²) in [6, 6.07) is 23.0. The number of thioether (sulfide) groups is 1. The van der Waals surface area contributed by atoms with Gasteiger partial charge in [0, 0.05) is 5.70 Å². The van der Waals surface area contributed by atoms with Gasteiger partial charge in [-0.25, -0.2) is 9.48 Å². The molecule has 1 aliphatic heterocycles. The number of ether oxygens (including phenoxy) is 3. The van der Waals surface area contributed by atoms with Gasteiger partial charge in [-0.05, 0) is 55.3 Å². The lowest BCUT2D eigenvalue weighted by atomic mass is 9.95. The standard InChI is InChI=1S/C32H34N4O4S/c1-5-38-27-18-25(15-16-26(27)39-20-24-14-10-11-21(3)17-24)29-28(30(37)40-19-23-12-8-7-9-13-23)22(4)33-31-34-32(41-6-2)35-36(29)31/h7-18,29H,5-6,19-20H2,1-4H3,(H,33,34,35). The van der Waals surface area contributed by atoms with E-state index in [1.165, 1.54) is 5.56 Å². The highest BCUT2D eigenvalue weighted by Gasteiger charge is 2.36. The van der Waals surface area contributed by atoms with Crippen LogP contribution in [0.2, 0.25) is 0 Å². The molecule has 1 N–H and O–H groups in total. The average Bonchev–Trinajstić information content (AvgIpc) is 3.37. The molecule has 2 heterocycles. The molecule has 0 saturated carbocycles. The van der Waals surface area contributed by atoms with Crippen LogP contribution in [0, 0.1) is 6.92 Å². The summed E-state index contributed by atoms with van der Waals surface area (Å²) in [4.78, 5) is 18.3. The number of rotatable bonds is 11. The van der Waals surface area contributed by atoms with Crippen molar-refractivity contribution in [3.05, 3.63) is 106 Å². The third kappa shape index (κ3) is 6.57. The molecule has 5 rings (SSSR count). The summed E-state index contributed by atoms with van der Waals surface area (Å²) in [5.41, 5.74) is 5.10. The van der Waals surface area contributed by atoms with Crippen LogP contribution in [0.5, 0.6) is 11.5 Å². The summed E-state index contributed by atoms with van der Waals surface area (Å²) in [7, 11) is 0. The van der Waals surface area contributed by atoms with Crippen LogP contribution in [-0.4, -0.2) is 33.1 Å². The van der Waals surface area contributed by atoms with Crippen molar-refractivity contribution in [2.45, 2.75) is 52.1 Å². The number of nitrogens with one attached hydrogen (secondary N) is 1. The van der Waals surface area contributed by atoms with Gasteiger partial charge in [0.05, 0.1) is 12.2 Å². The Kier molecular flexibility index (Phi) is 8.94. The van der Waals surface area contributed by atoms with E-state index in [4.69, 9.17) is 19.3 Å². The molecule has 1 unspecified atom stereocenters. The largest absolute Gasteiger partial charge is 0.490 e. The third-order valence-corrected chi connectivity index (χ3v) is 7.32. The summed E-state index contributed by atoms with van der Waals surface area (Å²) < 4.78 is 19.8. The van der Waals surface area contributed by atoms with E-state index in [2.05, 4.69) is 36.3 Å². The minimum atomic E-state index is -0.571. The van der Waals surface area contributed by atoms with Gasteiger partial charge in [0.25, 0.3) is 0 Å². The van der Waals surface area contributed by atoms with Crippen molar-refractivity contribution >= 4 is 23.7 Å². The number of esters is 1. The summed E-state index contributed by atoms with van der Waals surface area (Å²) in [5, 5.41) is 8.65. The highest BCUT2D eigenvalue weighted by molar-refractivity contribution is 7.99. The SMILES string of the molecule is CCOc1cc(C2C(C(=O)OCc3ccccc3)=C(C)Nc3nc(SCC)nn32)ccc1OCc1cccc(C)c1. The minimum absolute atomic E-state index is 0.167. The molecule has 0 amide bonds. The van der Waals surface area contributed by atoms with Crippen molar-refractivity contribution in [2.24, 2.45) is 0 Å². The highest BCUT2D eigenvalue weighted by atomic mass is 32.2. The van der Waals surface area contributed by atoms with Crippen LogP contribution in [0.25, 0.3) is 0 Å². The lowest BCUT2D eigenvalue weighted by molar-refractivity contribution is -0.140. The number of carbonyl (C=O) groups is 1. The van der Waals surface area contributed by atoms with Gasteiger partial charge < -0.3 is 19.5 Å². The van der Waals surface area contributed by atoms with Crippen molar-refractivity contribution in [1.82, 2.24) is 14.8 Å². The number of aromatic nitrogens is 3. The van der Waals surface area contributed by atoms with Gasteiger partial charge in [-0.2, -0.15) is 4.98 Å². The Labute approximate surface area is 244 Å². The number of benzene rings is 3. The predicted octanol–water partition coefficient (Wildman–Crippen LogP) is 6.71. The molecule has 4 aromatic rings. The monoisotopic (exact) mass is 570 g/mol. The van der Waals surface area contributed by atoms with Crippen molar-refractivity contribution in [3.63, 3.8) is 0 Å². The zero-order chi connectivity index (χ0) is 28.8. The molecule has 0 spiro atoms. The van der Waals surface area contributed by atoms with Gasteiger partial charge >= 0.3 is 5.97 Å². The van der Waals surface area contributed by atoms with E-state index in [9.17, 15) is 4.79 Å². The van der Waals surface area contributed by atoms with Crippen molar-refractivity contribution < 1.29 is 19.0 Å². The average molecular weight is 571 g/mol. The first-order valence-electron chi connectivity index (χ1n) is 13.7. The molecule has 1 atom stereocenters. The van der Waals surface area contributed by atoms with Crippen LogP contribution in [0.4, 0.5) is 5.95 Å². The number of aryl methyl sites for hydroxylation is 1. The molecule has 0 radical (unpaired) electrons. The molecule has 0 fully saturated rings. The summed E-state index contributed by atoms with van der Waals surface area (Å²) in [6.07, 6.45) is 0. The third-order valence-electron chi connectivity index (χ3n) is 6.60. The quantitative estimate of drug-likeness (QED) is 0.157. The first kappa shape index (κ1) is 28.3. The molecule has 9 heteroatoms. The second kappa shape index (κ2) is 13.0.